The van der Waals surface area contributed by atoms with Crippen LogP contribution in [0.2, 0.25) is 0 Å². The Kier molecular flexibility index (Phi) is 4.81. The van der Waals surface area contributed by atoms with E-state index in [-0.39, 0.29) is 28.3 Å². The molecule has 0 radical (unpaired) electrons. The molecule has 3 aromatic rings. The Labute approximate surface area is 218 Å². The van der Waals surface area contributed by atoms with Gasteiger partial charge in [-0.1, -0.05) is 0 Å². The molecule has 4 aliphatic carbocycles. The predicted octanol–water partition coefficient (Wildman–Crippen LogP) is 3.41. The van der Waals surface area contributed by atoms with E-state index in [0.717, 1.165) is 19.1 Å². The fraction of sp³-hybridized carbons (Fsp3) is 0.480. The molecule has 7 rings (SSSR count). The van der Waals surface area contributed by atoms with Crippen molar-refractivity contribution >= 4 is 34.3 Å². The summed E-state index contributed by atoms with van der Waals surface area (Å²) in [6, 6.07) is 6.22. The summed E-state index contributed by atoms with van der Waals surface area (Å²) in [5, 5.41) is 4.05. The van der Waals surface area contributed by atoms with Gasteiger partial charge in [-0.25, -0.2) is 13.0 Å². The number of hydrogen-bond donors (Lipinski definition) is 4. The molecular weight excluding hydrogens is 517 g/mol. The Hall–Kier alpha value is -2.43. The van der Waals surface area contributed by atoms with E-state index < -0.39 is 35.8 Å². The molecule has 4 bridgehead atoms. The molecule has 2 atom stereocenters. The normalized spacial score (nSPS) is 30.7. The van der Waals surface area contributed by atoms with Gasteiger partial charge in [-0.2, -0.15) is 0 Å². The van der Waals surface area contributed by atoms with Crippen molar-refractivity contribution in [2.75, 3.05) is 11.6 Å². The van der Waals surface area contributed by atoms with Crippen LogP contribution >= 0.6 is 7.82 Å². The van der Waals surface area contributed by atoms with E-state index in [4.69, 9.17) is 8.64 Å². The number of aromatic nitrogens is 2. The third-order valence-electron chi connectivity index (χ3n) is 8.29. The lowest BCUT2D eigenvalue weighted by atomic mass is 9.52. The Bertz CT molecular complexity index is 1710. The maximum Gasteiger partial charge on any atom is 0.470 e. The number of anilines is 1. The number of phosphoric ester groups is 1. The number of aryl methyl sites for hydroxylation is 1. The first-order valence-corrected chi connectivity index (χ1v) is 15.6. The van der Waals surface area contributed by atoms with Crippen molar-refractivity contribution in [3.8, 4) is 11.1 Å². The molecule has 4 fully saturated rings. The van der Waals surface area contributed by atoms with E-state index in [1.807, 2.05) is 0 Å². The second kappa shape index (κ2) is 8.28. The standard InChI is InChI=1S/C25H30N3O7PS/c1-28-13-20(18-5-6-26-23(18)24(28)29)19-9-17(37(2,33)34)3-4-21(19)27-22-15-7-14-8-16(22)12-25(10-14,11-15)35-36(30,31)32/h3-6,9,13-16,22,26-27H,7-8,10-12H2,1-2H3,(H2,30,31,32)/i1D3. The van der Waals surface area contributed by atoms with Crippen molar-refractivity contribution in [3.63, 3.8) is 0 Å². The molecule has 2 unspecified atom stereocenters. The van der Waals surface area contributed by atoms with Gasteiger partial charge in [-0.05, 0) is 74.1 Å². The van der Waals surface area contributed by atoms with E-state index >= 15 is 0 Å². The summed E-state index contributed by atoms with van der Waals surface area (Å²) in [6.45, 7) is -2.76. The zero-order chi connectivity index (χ0) is 28.8. The molecule has 0 amide bonds. The van der Waals surface area contributed by atoms with Gasteiger partial charge in [0.15, 0.2) is 9.84 Å². The SMILES string of the molecule is [2H]C([2H])([2H])n1cc(-c2cc(S(C)(=O)=O)ccc2NC2C3CC4CC2CC(OP(=O)(O)O)(C4)C3)c2cc[nH]c2c1=O. The van der Waals surface area contributed by atoms with Crippen molar-refractivity contribution < 1.29 is 31.4 Å². The highest BCUT2D eigenvalue weighted by Crippen LogP contribution is 2.61. The Morgan fingerprint density at radius 1 is 1.19 bits per heavy atom. The van der Waals surface area contributed by atoms with Gasteiger partial charge >= 0.3 is 7.82 Å². The van der Waals surface area contributed by atoms with Gasteiger partial charge in [-0.15, -0.1) is 0 Å². The number of phosphoric acid groups is 1. The first kappa shape index (κ1) is 21.5. The molecule has 10 nitrogen and oxygen atoms in total. The van der Waals surface area contributed by atoms with Gasteiger partial charge < -0.3 is 24.7 Å². The zero-order valence-corrected chi connectivity index (χ0v) is 21.8. The quantitative estimate of drug-likeness (QED) is 0.341. The van der Waals surface area contributed by atoms with E-state index in [1.54, 1.807) is 12.1 Å². The van der Waals surface area contributed by atoms with E-state index in [2.05, 4.69) is 10.3 Å². The number of nitrogens with one attached hydrogen (secondary N) is 2. The number of nitrogens with zero attached hydrogens (tertiary/aromatic N) is 1. The average Bonchev–Trinajstić information content (AvgIpc) is 3.29. The van der Waals surface area contributed by atoms with Gasteiger partial charge in [0.2, 0.25) is 0 Å². The van der Waals surface area contributed by atoms with E-state index in [1.165, 1.54) is 24.5 Å². The van der Waals surface area contributed by atoms with Gasteiger partial charge in [-0.3, -0.25) is 9.32 Å². The van der Waals surface area contributed by atoms with Gasteiger partial charge in [0, 0.05) is 58.0 Å². The molecule has 2 heterocycles. The molecule has 4 N–H and O–H groups in total. The lowest BCUT2D eigenvalue weighted by Crippen LogP contribution is -2.59. The predicted molar refractivity (Wildman–Crippen MR) is 139 cm³/mol. The van der Waals surface area contributed by atoms with Crippen LogP contribution < -0.4 is 10.9 Å². The number of benzene rings is 1. The number of rotatable bonds is 6. The number of hydrogen-bond acceptors (Lipinski definition) is 6. The van der Waals surface area contributed by atoms with Crippen molar-refractivity contribution in [1.82, 2.24) is 9.55 Å². The third kappa shape index (κ3) is 4.36. The summed E-state index contributed by atoms with van der Waals surface area (Å²) in [5.74, 6) is 0.448. The Morgan fingerprint density at radius 2 is 1.92 bits per heavy atom. The monoisotopic (exact) mass is 550 g/mol. The summed E-state index contributed by atoms with van der Waals surface area (Å²) >= 11 is 0. The molecular formula is C25H30N3O7PS. The molecule has 1 aromatic carbocycles. The molecule has 0 spiro atoms. The molecule has 0 aliphatic heterocycles. The maximum atomic E-state index is 12.9. The molecule has 37 heavy (non-hydrogen) atoms. The molecule has 4 aliphatic rings. The topological polar surface area (TPSA) is 151 Å². The van der Waals surface area contributed by atoms with Gasteiger partial charge in [0.1, 0.15) is 5.52 Å². The van der Waals surface area contributed by atoms with Crippen LogP contribution in [0.1, 0.15) is 36.2 Å². The summed E-state index contributed by atoms with van der Waals surface area (Å²) in [5.41, 5.74) is -0.0912. The fourth-order valence-electron chi connectivity index (χ4n) is 7.19. The smallest absolute Gasteiger partial charge is 0.381 e. The largest absolute Gasteiger partial charge is 0.470 e. The maximum absolute atomic E-state index is 12.9. The van der Waals surface area contributed by atoms with Crippen LogP contribution in [-0.4, -0.2) is 45.7 Å². The second-order valence-electron chi connectivity index (χ2n) is 10.9. The number of sulfone groups is 1. The van der Waals surface area contributed by atoms with E-state index in [9.17, 15) is 27.6 Å². The first-order valence-electron chi connectivity index (χ1n) is 13.6. The van der Waals surface area contributed by atoms with Crippen LogP contribution in [0.5, 0.6) is 0 Å². The number of aromatic amines is 1. The molecule has 198 valence electrons. The number of H-pyrrole nitrogens is 1. The Morgan fingerprint density at radius 3 is 2.57 bits per heavy atom. The summed E-state index contributed by atoms with van der Waals surface area (Å²) in [7, 11) is -8.28. The van der Waals surface area contributed by atoms with Crippen molar-refractivity contribution in [1.29, 1.82) is 0 Å². The van der Waals surface area contributed by atoms with Gasteiger partial charge in [0.25, 0.3) is 5.56 Å². The first-order chi connectivity index (χ1) is 18.5. The highest BCUT2D eigenvalue weighted by molar-refractivity contribution is 7.90. The second-order valence-corrected chi connectivity index (χ2v) is 14.0. The molecule has 2 aromatic heterocycles. The fourth-order valence-corrected chi connectivity index (χ4v) is 8.57. The lowest BCUT2D eigenvalue weighted by Gasteiger charge is -2.59. The molecule has 12 heteroatoms. The number of fused-ring (bicyclic) bond motifs is 1. The van der Waals surface area contributed by atoms with E-state index in [0.29, 0.717) is 51.9 Å². The van der Waals surface area contributed by atoms with Crippen LogP contribution in [0, 0.1) is 17.8 Å². The van der Waals surface area contributed by atoms with Crippen LogP contribution in [0.25, 0.3) is 22.0 Å². The summed E-state index contributed by atoms with van der Waals surface area (Å²) in [6.07, 6.45) is 7.23. The minimum atomic E-state index is -4.66. The zero-order valence-electron chi connectivity index (χ0n) is 23.0. The van der Waals surface area contributed by atoms with Gasteiger partial charge in [0.05, 0.1) is 10.5 Å². The highest BCUT2D eigenvalue weighted by Gasteiger charge is 2.58. The van der Waals surface area contributed by atoms with Crippen molar-refractivity contribution in [2.45, 2.75) is 48.6 Å². The molecule has 0 saturated heterocycles. The Balaban J connectivity index is 1.46. The van der Waals surface area contributed by atoms with Crippen molar-refractivity contribution in [3.05, 3.63) is 47.0 Å². The number of pyridine rings is 1. The summed E-state index contributed by atoms with van der Waals surface area (Å²) in [4.78, 5) is 34.9. The van der Waals surface area contributed by atoms with Crippen LogP contribution in [0.15, 0.2) is 46.3 Å². The van der Waals surface area contributed by atoms with Crippen molar-refractivity contribution in [2.24, 2.45) is 24.7 Å². The minimum absolute atomic E-state index is 0.0439. The summed E-state index contributed by atoms with van der Waals surface area (Å²) < 4.78 is 66.5. The van der Waals surface area contributed by atoms with Crippen LogP contribution in [0.3, 0.4) is 0 Å². The van der Waals surface area contributed by atoms with Crippen LogP contribution in [0.4, 0.5) is 5.69 Å². The molecule has 4 saturated carbocycles. The minimum Gasteiger partial charge on any atom is -0.381 e. The average molecular weight is 551 g/mol. The third-order valence-corrected chi connectivity index (χ3v) is 10.0. The van der Waals surface area contributed by atoms with Crippen LogP contribution in [-0.2, 0) is 25.9 Å². The lowest BCUT2D eigenvalue weighted by molar-refractivity contribution is -0.122. The highest BCUT2D eigenvalue weighted by atomic mass is 32.2.